The van der Waals surface area contributed by atoms with Gasteiger partial charge >= 0.3 is 5.97 Å². The minimum Gasteiger partial charge on any atom is -0.457 e. The molecule has 0 bridgehead atoms. The average molecular weight is 188 g/mol. The Labute approximate surface area is 77.5 Å². The minimum atomic E-state index is -0.912. The lowest BCUT2D eigenvalue weighted by Crippen LogP contribution is -2.41. The molecule has 0 aromatic rings. The molecular weight excluding hydrogens is 172 g/mol. The van der Waals surface area contributed by atoms with Gasteiger partial charge in [0.25, 0.3) is 0 Å². The second-order valence-corrected chi connectivity index (χ2v) is 4.01. The molecule has 0 amide bonds. The van der Waals surface area contributed by atoms with E-state index in [1.807, 2.05) is 13.8 Å². The Morgan fingerprint density at radius 1 is 1.62 bits per heavy atom. The summed E-state index contributed by atoms with van der Waals surface area (Å²) >= 11 is 0. The van der Waals surface area contributed by atoms with Crippen LogP contribution in [-0.4, -0.2) is 35.0 Å². The van der Waals surface area contributed by atoms with Crippen LogP contribution in [0.15, 0.2) is 0 Å². The van der Waals surface area contributed by atoms with Crippen LogP contribution in [0.5, 0.6) is 0 Å². The third-order valence-corrected chi connectivity index (χ3v) is 3.04. The molecular formula is C9H16O4. The van der Waals surface area contributed by atoms with Crippen molar-refractivity contribution >= 4 is 5.97 Å². The summed E-state index contributed by atoms with van der Waals surface area (Å²) in [6, 6.07) is 0. The summed E-state index contributed by atoms with van der Waals surface area (Å²) in [5.74, 6) is -0.430. The van der Waals surface area contributed by atoms with E-state index in [-0.39, 0.29) is 12.5 Å². The third-order valence-electron chi connectivity index (χ3n) is 3.04. The molecule has 0 aliphatic carbocycles. The Kier molecular flexibility index (Phi) is 2.63. The van der Waals surface area contributed by atoms with Gasteiger partial charge in [0.2, 0.25) is 0 Å². The summed E-state index contributed by atoms with van der Waals surface area (Å²) in [4.78, 5) is 11.4. The SMILES string of the molecule is CC(C)[C@]1(C)C(=O)O[C@H](CO)[C@H]1O. The third kappa shape index (κ3) is 1.34. The van der Waals surface area contributed by atoms with Crippen LogP contribution in [0.1, 0.15) is 20.8 Å². The van der Waals surface area contributed by atoms with Crippen LogP contribution < -0.4 is 0 Å². The summed E-state index contributed by atoms with van der Waals surface area (Å²) in [5, 5.41) is 18.6. The Hall–Kier alpha value is -0.610. The van der Waals surface area contributed by atoms with E-state index in [0.29, 0.717) is 0 Å². The monoisotopic (exact) mass is 188 g/mol. The number of cyclic esters (lactones) is 1. The lowest BCUT2D eigenvalue weighted by molar-refractivity contribution is -0.150. The first kappa shape index (κ1) is 10.5. The Morgan fingerprint density at radius 3 is 2.38 bits per heavy atom. The fourth-order valence-corrected chi connectivity index (χ4v) is 1.55. The van der Waals surface area contributed by atoms with Gasteiger partial charge in [-0.25, -0.2) is 0 Å². The average Bonchev–Trinajstić information content (AvgIpc) is 2.30. The van der Waals surface area contributed by atoms with Crippen LogP contribution in [0.4, 0.5) is 0 Å². The fourth-order valence-electron chi connectivity index (χ4n) is 1.55. The number of aliphatic hydroxyl groups excluding tert-OH is 2. The van der Waals surface area contributed by atoms with Gasteiger partial charge in [-0.2, -0.15) is 0 Å². The molecule has 2 N–H and O–H groups in total. The highest BCUT2D eigenvalue weighted by molar-refractivity contribution is 5.80. The number of hydrogen-bond donors (Lipinski definition) is 2. The molecule has 0 unspecified atom stereocenters. The largest absolute Gasteiger partial charge is 0.457 e. The van der Waals surface area contributed by atoms with Gasteiger partial charge in [0.1, 0.15) is 6.10 Å². The number of carbonyl (C=O) groups excluding carboxylic acids is 1. The molecule has 0 spiro atoms. The Balaban J connectivity index is 2.92. The van der Waals surface area contributed by atoms with Crippen LogP contribution in [0.25, 0.3) is 0 Å². The summed E-state index contributed by atoms with van der Waals surface area (Å²) in [7, 11) is 0. The minimum absolute atomic E-state index is 0.00782. The van der Waals surface area contributed by atoms with Gasteiger partial charge in [0.15, 0.2) is 6.10 Å². The first-order valence-electron chi connectivity index (χ1n) is 4.44. The molecule has 1 aliphatic heterocycles. The Morgan fingerprint density at radius 2 is 2.15 bits per heavy atom. The fraction of sp³-hybridized carbons (Fsp3) is 0.889. The van der Waals surface area contributed by atoms with E-state index in [0.717, 1.165) is 0 Å². The second-order valence-electron chi connectivity index (χ2n) is 4.01. The summed E-state index contributed by atoms with van der Waals surface area (Å²) in [5.41, 5.74) is -0.882. The first-order chi connectivity index (χ1) is 5.94. The molecule has 1 saturated heterocycles. The number of hydrogen-bond acceptors (Lipinski definition) is 4. The lowest BCUT2D eigenvalue weighted by atomic mass is 9.75. The number of rotatable bonds is 2. The predicted molar refractivity (Wildman–Crippen MR) is 45.9 cm³/mol. The molecule has 13 heavy (non-hydrogen) atoms. The van der Waals surface area contributed by atoms with E-state index >= 15 is 0 Å². The standard InChI is InChI=1S/C9H16O4/c1-5(2)9(3)7(11)6(4-10)13-8(9)12/h5-7,10-11H,4H2,1-3H3/t6-,7-,9+/m1/s1. The maximum Gasteiger partial charge on any atom is 0.315 e. The van der Waals surface area contributed by atoms with Crippen LogP contribution in [0.3, 0.4) is 0 Å². The summed E-state index contributed by atoms with van der Waals surface area (Å²) < 4.78 is 4.86. The molecule has 0 aromatic heterocycles. The second kappa shape index (κ2) is 3.27. The molecule has 0 saturated carbocycles. The smallest absolute Gasteiger partial charge is 0.315 e. The highest BCUT2D eigenvalue weighted by Gasteiger charge is 2.55. The molecule has 4 nitrogen and oxygen atoms in total. The van der Waals surface area contributed by atoms with Crippen LogP contribution in [0, 0.1) is 11.3 Å². The number of esters is 1. The van der Waals surface area contributed by atoms with Crippen molar-refractivity contribution < 1.29 is 19.7 Å². The molecule has 1 aliphatic rings. The molecule has 76 valence electrons. The van der Waals surface area contributed by atoms with Crippen molar-refractivity contribution in [3.05, 3.63) is 0 Å². The highest BCUT2D eigenvalue weighted by atomic mass is 16.6. The highest BCUT2D eigenvalue weighted by Crippen LogP contribution is 2.40. The van der Waals surface area contributed by atoms with Crippen molar-refractivity contribution in [1.29, 1.82) is 0 Å². The van der Waals surface area contributed by atoms with Gasteiger partial charge in [-0.1, -0.05) is 13.8 Å². The van der Waals surface area contributed by atoms with Crippen LogP contribution >= 0.6 is 0 Å². The number of aliphatic hydroxyl groups is 2. The molecule has 1 rings (SSSR count). The molecule has 1 heterocycles. The van der Waals surface area contributed by atoms with Crippen molar-refractivity contribution in [2.24, 2.45) is 11.3 Å². The summed E-state index contributed by atoms with van der Waals surface area (Å²) in [6.07, 6.45) is -1.68. The zero-order valence-corrected chi connectivity index (χ0v) is 8.15. The van der Waals surface area contributed by atoms with Gasteiger partial charge in [-0.3, -0.25) is 4.79 Å². The molecule has 4 heteroatoms. The van der Waals surface area contributed by atoms with E-state index in [1.165, 1.54) is 0 Å². The van der Waals surface area contributed by atoms with Crippen molar-refractivity contribution in [2.45, 2.75) is 33.0 Å². The van der Waals surface area contributed by atoms with Gasteiger partial charge in [-0.05, 0) is 12.8 Å². The quantitative estimate of drug-likeness (QED) is 0.595. The zero-order chi connectivity index (χ0) is 10.2. The molecule has 0 radical (unpaired) electrons. The molecule has 1 fully saturated rings. The normalized spacial score (nSPS) is 39.7. The van der Waals surface area contributed by atoms with Gasteiger partial charge in [0.05, 0.1) is 12.0 Å². The lowest BCUT2D eigenvalue weighted by Gasteiger charge is -2.28. The van der Waals surface area contributed by atoms with Crippen molar-refractivity contribution in [1.82, 2.24) is 0 Å². The van der Waals surface area contributed by atoms with Crippen LogP contribution in [-0.2, 0) is 9.53 Å². The van der Waals surface area contributed by atoms with E-state index < -0.39 is 23.6 Å². The van der Waals surface area contributed by atoms with E-state index in [1.54, 1.807) is 6.92 Å². The van der Waals surface area contributed by atoms with E-state index in [2.05, 4.69) is 0 Å². The zero-order valence-electron chi connectivity index (χ0n) is 8.15. The van der Waals surface area contributed by atoms with E-state index in [4.69, 9.17) is 9.84 Å². The maximum atomic E-state index is 11.4. The van der Waals surface area contributed by atoms with Crippen molar-refractivity contribution in [3.8, 4) is 0 Å². The summed E-state index contributed by atoms with van der Waals surface area (Å²) in [6.45, 7) is 5.05. The molecule has 3 atom stereocenters. The van der Waals surface area contributed by atoms with E-state index in [9.17, 15) is 9.90 Å². The topological polar surface area (TPSA) is 66.8 Å². The van der Waals surface area contributed by atoms with Gasteiger partial charge in [0, 0.05) is 0 Å². The molecule has 0 aromatic carbocycles. The van der Waals surface area contributed by atoms with Crippen molar-refractivity contribution in [2.75, 3.05) is 6.61 Å². The van der Waals surface area contributed by atoms with Crippen LogP contribution in [0.2, 0.25) is 0 Å². The number of ether oxygens (including phenoxy) is 1. The van der Waals surface area contributed by atoms with Gasteiger partial charge < -0.3 is 14.9 Å². The maximum absolute atomic E-state index is 11.4. The first-order valence-corrected chi connectivity index (χ1v) is 4.44. The Bertz CT molecular complexity index is 214. The number of carbonyl (C=O) groups is 1. The van der Waals surface area contributed by atoms with Gasteiger partial charge in [-0.15, -0.1) is 0 Å². The predicted octanol–water partition coefficient (Wildman–Crippen LogP) is -0.0727. The van der Waals surface area contributed by atoms with Crippen molar-refractivity contribution in [3.63, 3.8) is 0 Å².